The molecule has 1 fully saturated rings. The average Bonchev–Trinajstić information content (AvgIpc) is 2.78. The quantitative estimate of drug-likeness (QED) is 0.674. The van der Waals surface area contributed by atoms with Crippen molar-refractivity contribution < 1.29 is 14.3 Å². The summed E-state index contributed by atoms with van der Waals surface area (Å²) in [5, 5.41) is 3.02. The molecule has 5 nitrogen and oxygen atoms in total. The van der Waals surface area contributed by atoms with Crippen LogP contribution in [0.15, 0.2) is 42.5 Å². The van der Waals surface area contributed by atoms with E-state index in [1.807, 2.05) is 18.2 Å². The van der Waals surface area contributed by atoms with Gasteiger partial charge in [0.2, 0.25) is 5.91 Å². The van der Waals surface area contributed by atoms with E-state index in [9.17, 15) is 4.79 Å². The van der Waals surface area contributed by atoms with E-state index >= 15 is 0 Å². The molecule has 5 heteroatoms. The SMILES string of the molecule is COc1ccc(CCC(=O)NCc2ccc(CN3CCC(C)CC3)cc2)cc1OC. The molecular formula is C25H34N2O3. The number of nitrogens with zero attached hydrogens (tertiary/aromatic N) is 1. The molecule has 3 rings (SSSR count). The molecule has 0 aromatic heterocycles. The van der Waals surface area contributed by atoms with Crippen molar-refractivity contribution in [1.82, 2.24) is 10.2 Å². The molecule has 0 atom stereocenters. The van der Waals surface area contributed by atoms with Gasteiger partial charge in [-0.05, 0) is 67.1 Å². The number of carbonyl (C=O) groups excluding carboxylic acids is 1. The Balaban J connectivity index is 1.41. The van der Waals surface area contributed by atoms with Gasteiger partial charge in [0.25, 0.3) is 0 Å². The number of carbonyl (C=O) groups is 1. The Hall–Kier alpha value is -2.53. The van der Waals surface area contributed by atoms with Gasteiger partial charge in [0, 0.05) is 19.5 Å². The summed E-state index contributed by atoms with van der Waals surface area (Å²) in [6.07, 6.45) is 3.71. The number of nitrogens with one attached hydrogen (secondary N) is 1. The lowest BCUT2D eigenvalue weighted by Gasteiger charge is -2.30. The summed E-state index contributed by atoms with van der Waals surface area (Å²) in [6, 6.07) is 14.4. The van der Waals surface area contributed by atoms with E-state index in [0.29, 0.717) is 30.9 Å². The van der Waals surface area contributed by atoms with Crippen LogP contribution in [0.3, 0.4) is 0 Å². The van der Waals surface area contributed by atoms with Crippen LogP contribution in [0.2, 0.25) is 0 Å². The maximum atomic E-state index is 12.2. The van der Waals surface area contributed by atoms with Crippen LogP contribution in [0.1, 0.15) is 42.9 Å². The minimum absolute atomic E-state index is 0.0521. The summed E-state index contributed by atoms with van der Waals surface area (Å²) >= 11 is 0. The minimum atomic E-state index is 0.0521. The van der Waals surface area contributed by atoms with Gasteiger partial charge in [-0.25, -0.2) is 0 Å². The van der Waals surface area contributed by atoms with Gasteiger partial charge in [0.1, 0.15) is 0 Å². The zero-order valence-corrected chi connectivity index (χ0v) is 18.4. The Morgan fingerprint density at radius 3 is 2.27 bits per heavy atom. The van der Waals surface area contributed by atoms with Crippen LogP contribution in [0.4, 0.5) is 0 Å². The Kier molecular flexibility index (Phi) is 8.14. The first-order valence-electron chi connectivity index (χ1n) is 10.8. The normalized spacial score (nSPS) is 15.0. The van der Waals surface area contributed by atoms with Crippen molar-refractivity contribution in [3.8, 4) is 11.5 Å². The first-order valence-corrected chi connectivity index (χ1v) is 10.8. The standard InChI is InChI=1S/C25H34N2O3/c1-19-12-14-27(15-13-19)18-22-6-4-21(5-7-22)17-26-25(28)11-9-20-8-10-23(29-2)24(16-20)30-3/h4-8,10,16,19H,9,11-15,17-18H2,1-3H3,(H,26,28). The van der Waals surface area contributed by atoms with Gasteiger partial charge >= 0.3 is 0 Å². The van der Waals surface area contributed by atoms with Gasteiger partial charge < -0.3 is 14.8 Å². The summed E-state index contributed by atoms with van der Waals surface area (Å²) in [6.45, 7) is 6.31. The van der Waals surface area contributed by atoms with Gasteiger partial charge in [-0.2, -0.15) is 0 Å². The minimum Gasteiger partial charge on any atom is -0.493 e. The number of methoxy groups -OCH3 is 2. The molecule has 0 spiro atoms. The van der Waals surface area contributed by atoms with Crippen molar-refractivity contribution in [2.45, 2.75) is 45.7 Å². The van der Waals surface area contributed by atoms with Crippen molar-refractivity contribution in [3.05, 3.63) is 59.2 Å². The summed E-state index contributed by atoms with van der Waals surface area (Å²) in [5.74, 6) is 2.30. The molecule has 2 aromatic rings. The summed E-state index contributed by atoms with van der Waals surface area (Å²) in [7, 11) is 3.23. The lowest BCUT2D eigenvalue weighted by molar-refractivity contribution is -0.121. The topological polar surface area (TPSA) is 50.8 Å². The van der Waals surface area contributed by atoms with Gasteiger partial charge in [-0.3, -0.25) is 9.69 Å². The molecule has 162 valence electrons. The Bertz CT molecular complexity index is 812. The third-order valence-electron chi connectivity index (χ3n) is 5.88. The van der Waals surface area contributed by atoms with Gasteiger partial charge in [-0.1, -0.05) is 37.3 Å². The van der Waals surface area contributed by atoms with Crippen LogP contribution < -0.4 is 14.8 Å². The fourth-order valence-corrected chi connectivity index (χ4v) is 3.82. The Morgan fingerprint density at radius 2 is 1.60 bits per heavy atom. The first-order chi connectivity index (χ1) is 14.6. The van der Waals surface area contributed by atoms with Gasteiger partial charge in [0.15, 0.2) is 11.5 Å². The Labute approximate surface area is 180 Å². The van der Waals surface area contributed by atoms with Crippen molar-refractivity contribution in [3.63, 3.8) is 0 Å². The number of amides is 1. The van der Waals surface area contributed by atoms with E-state index in [4.69, 9.17) is 9.47 Å². The molecule has 0 aliphatic carbocycles. The number of rotatable bonds is 9. The summed E-state index contributed by atoms with van der Waals surface area (Å²) in [4.78, 5) is 14.8. The first kappa shape index (κ1) is 22.2. The third-order valence-corrected chi connectivity index (χ3v) is 5.88. The highest BCUT2D eigenvalue weighted by Crippen LogP contribution is 2.28. The van der Waals surface area contributed by atoms with E-state index in [2.05, 4.69) is 41.4 Å². The Morgan fingerprint density at radius 1 is 0.967 bits per heavy atom. The second-order valence-electron chi connectivity index (χ2n) is 8.24. The molecule has 1 heterocycles. The van der Waals surface area contributed by atoms with E-state index in [0.717, 1.165) is 23.6 Å². The number of hydrogen-bond acceptors (Lipinski definition) is 4. The van der Waals surface area contributed by atoms with Crippen molar-refractivity contribution in [2.75, 3.05) is 27.3 Å². The molecule has 1 aliphatic rings. The van der Waals surface area contributed by atoms with Crippen LogP contribution in [0.5, 0.6) is 11.5 Å². The van der Waals surface area contributed by atoms with E-state index in [1.54, 1.807) is 14.2 Å². The smallest absolute Gasteiger partial charge is 0.220 e. The molecule has 30 heavy (non-hydrogen) atoms. The number of ether oxygens (including phenoxy) is 2. The number of hydrogen-bond donors (Lipinski definition) is 1. The number of likely N-dealkylation sites (tertiary alicyclic amines) is 1. The molecule has 0 unspecified atom stereocenters. The van der Waals surface area contributed by atoms with Crippen LogP contribution in [-0.4, -0.2) is 38.1 Å². The molecule has 1 amide bonds. The molecule has 0 saturated carbocycles. The highest BCUT2D eigenvalue weighted by Gasteiger charge is 2.15. The van der Waals surface area contributed by atoms with Crippen molar-refractivity contribution in [1.29, 1.82) is 0 Å². The van der Waals surface area contributed by atoms with E-state index in [-0.39, 0.29) is 5.91 Å². The summed E-state index contributed by atoms with van der Waals surface area (Å²) < 4.78 is 10.6. The van der Waals surface area contributed by atoms with Crippen LogP contribution in [-0.2, 0) is 24.3 Å². The molecule has 1 saturated heterocycles. The number of aryl methyl sites for hydroxylation is 1. The van der Waals surface area contributed by atoms with Crippen LogP contribution in [0, 0.1) is 5.92 Å². The fourth-order valence-electron chi connectivity index (χ4n) is 3.82. The van der Waals surface area contributed by atoms with Crippen LogP contribution >= 0.6 is 0 Å². The zero-order valence-electron chi connectivity index (χ0n) is 18.4. The van der Waals surface area contributed by atoms with E-state index in [1.165, 1.54) is 31.5 Å². The average molecular weight is 411 g/mol. The predicted octanol–water partition coefficient (Wildman–Crippen LogP) is 4.18. The molecule has 0 bridgehead atoms. The van der Waals surface area contributed by atoms with Gasteiger partial charge in [0.05, 0.1) is 14.2 Å². The van der Waals surface area contributed by atoms with E-state index < -0.39 is 0 Å². The van der Waals surface area contributed by atoms with Crippen molar-refractivity contribution >= 4 is 5.91 Å². The maximum absolute atomic E-state index is 12.2. The highest BCUT2D eigenvalue weighted by molar-refractivity contribution is 5.76. The second-order valence-corrected chi connectivity index (χ2v) is 8.24. The lowest BCUT2D eigenvalue weighted by atomic mass is 9.99. The number of piperidine rings is 1. The fraction of sp³-hybridized carbons (Fsp3) is 0.480. The second kappa shape index (κ2) is 11.0. The van der Waals surface area contributed by atoms with Gasteiger partial charge in [-0.15, -0.1) is 0 Å². The molecule has 0 radical (unpaired) electrons. The zero-order chi connectivity index (χ0) is 21.3. The molecule has 1 aliphatic heterocycles. The van der Waals surface area contributed by atoms with Crippen LogP contribution in [0.25, 0.3) is 0 Å². The monoisotopic (exact) mass is 410 g/mol. The number of benzene rings is 2. The highest BCUT2D eigenvalue weighted by atomic mass is 16.5. The molecule has 1 N–H and O–H groups in total. The lowest BCUT2D eigenvalue weighted by Crippen LogP contribution is -2.32. The predicted molar refractivity (Wildman–Crippen MR) is 120 cm³/mol. The summed E-state index contributed by atoms with van der Waals surface area (Å²) in [5.41, 5.74) is 3.53. The maximum Gasteiger partial charge on any atom is 0.220 e. The molecule has 2 aromatic carbocycles. The molecular weight excluding hydrogens is 376 g/mol. The van der Waals surface area contributed by atoms with Crippen molar-refractivity contribution in [2.24, 2.45) is 5.92 Å². The largest absolute Gasteiger partial charge is 0.493 e. The third kappa shape index (κ3) is 6.49.